The summed E-state index contributed by atoms with van der Waals surface area (Å²) in [4.78, 5) is 23.3. The standard InChI is InChI=1S/C15H18FNO4/c1-7-5-10(21-4)8(16)6-9(7)17-13(18)11-12(14(19)20)15(11,2)3/h5-6,11-12H,1-4H3,(H,17,18)(H,19,20)/t11-,12+/m0/s1. The molecule has 2 rings (SSSR count). The van der Waals surface area contributed by atoms with Crippen LogP contribution in [0, 0.1) is 30.0 Å². The Hall–Kier alpha value is -2.11. The molecular weight excluding hydrogens is 277 g/mol. The van der Waals surface area contributed by atoms with E-state index in [0.717, 1.165) is 0 Å². The summed E-state index contributed by atoms with van der Waals surface area (Å²) in [6.45, 7) is 5.18. The summed E-state index contributed by atoms with van der Waals surface area (Å²) >= 11 is 0. The van der Waals surface area contributed by atoms with E-state index in [1.54, 1.807) is 20.8 Å². The maximum absolute atomic E-state index is 13.7. The van der Waals surface area contributed by atoms with Crippen molar-refractivity contribution in [2.45, 2.75) is 20.8 Å². The van der Waals surface area contributed by atoms with Crippen LogP contribution in [0.5, 0.6) is 5.75 Å². The second-order valence-electron chi connectivity index (χ2n) is 5.91. The molecule has 5 nitrogen and oxygen atoms in total. The summed E-state index contributed by atoms with van der Waals surface area (Å²) in [6.07, 6.45) is 0. The highest BCUT2D eigenvalue weighted by Gasteiger charge is 2.65. The first-order valence-electron chi connectivity index (χ1n) is 6.58. The fraction of sp³-hybridized carbons (Fsp3) is 0.467. The van der Waals surface area contributed by atoms with Crippen LogP contribution in [0.3, 0.4) is 0 Å². The predicted octanol–water partition coefficient (Wildman–Crippen LogP) is 2.44. The fourth-order valence-corrected chi connectivity index (χ4v) is 2.74. The molecule has 2 N–H and O–H groups in total. The van der Waals surface area contributed by atoms with Gasteiger partial charge in [-0.15, -0.1) is 0 Å². The Balaban J connectivity index is 2.18. The SMILES string of the molecule is COc1cc(C)c(NC(=O)[C@@H]2[C@H](C(=O)O)C2(C)C)cc1F. The summed E-state index contributed by atoms with van der Waals surface area (Å²) in [5, 5.41) is 11.7. The molecule has 114 valence electrons. The topological polar surface area (TPSA) is 75.6 Å². The highest BCUT2D eigenvalue weighted by atomic mass is 19.1. The average Bonchev–Trinajstić information content (AvgIpc) is 2.96. The van der Waals surface area contributed by atoms with Crippen molar-refractivity contribution in [1.29, 1.82) is 0 Å². The van der Waals surface area contributed by atoms with Gasteiger partial charge in [0.25, 0.3) is 0 Å². The molecule has 1 saturated carbocycles. The number of halogens is 1. The molecule has 21 heavy (non-hydrogen) atoms. The molecule has 0 unspecified atom stereocenters. The van der Waals surface area contributed by atoms with Crippen molar-refractivity contribution in [3.8, 4) is 5.75 Å². The van der Waals surface area contributed by atoms with Gasteiger partial charge in [0.05, 0.1) is 18.9 Å². The van der Waals surface area contributed by atoms with Crippen LogP contribution in [0.1, 0.15) is 19.4 Å². The highest BCUT2D eigenvalue weighted by Crippen LogP contribution is 2.58. The Kier molecular flexibility index (Phi) is 3.65. The molecule has 1 aliphatic rings. The zero-order chi connectivity index (χ0) is 15.9. The van der Waals surface area contributed by atoms with Gasteiger partial charge in [-0.05, 0) is 24.0 Å². The Morgan fingerprint density at radius 1 is 1.33 bits per heavy atom. The van der Waals surface area contributed by atoms with Crippen molar-refractivity contribution in [2.24, 2.45) is 17.3 Å². The lowest BCUT2D eigenvalue weighted by atomic mass is 10.1. The van der Waals surface area contributed by atoms with Crippen LogP contribution >= 0.6 is 0 Å². The minimum absolute atomic E-state index is 0.0978. The van der Waals surface area contributed by atoms with E-state index in [0.29, 0.717) is 11.3 Å². The maximum Gasteiger partial charge on any atom is 0.307 e. The molecule has 1 amide bonds. The molecule has 6 heteroatoms. The number of benzene rings is 1. The van der Waals surface area contributed by atoms with E-state index in [4.69, 9.17) is 9.84 Å². The molecule has 0 aromatic heterocycles. The van der Waals surface area contributed by atoms with Crippen molar-refractivity contribution in [2.75, 3.05) is 12.4 Å². The molecule has 0 aliphatic heterocycles. The first kappa shape index (κ1) is 15.3. The number of carbonyl (C=O) groups excluding carboxylic acids is 1. The minimum Gasteiger partial charge on any atom is -0.494 e. The first-order valence-corrected chi connectivity index (χ1v) is 6.58. The Morgan fingerprint density at radius 3 is 2.43 bits per heavy atom. The van der Waals surface area contributed by atoms with E-state index in [2.05, 4.69) is 5.32 Å². The average molecular weight is 295 g/mol. The van der Waals surface area contributed by atoms with E-state index < -0.39 is 34.9 Å². The third kappa shape index (κ3) is 2.57. The number of aryl methyl sites for hydroxylation is 1. The van der Waals surface area contributed by atoms with Gasteiger partial charge >= 0.3 is 5.97 Å². The summed E-state index contributed by atoms with van der Waals surface area (Å²) in [6, 6.07) is 2.66. The lowest BCUT2D eigenvalue weighted by molar-refractivity contribution is -0.140. The molecule has 1 aliphatic carbocycles. The second-order valence-corrected chi connectivity index (χ2v) is 5.91. The molecular formula is C15H18FNO4. The summed E-state index contributed by atoms with van der Waals surface area (Å²) in [5.41, 5.74) is 0.381. The number of carbonyl (C=O) groups is 2. The first-order chi connectivity index (χ1) is 9.70. The Morgan fingerprint density at radius 2 is 1.95 bits per heavy atom. The van der Waals surface area contributed by atoms with E-state index in [-0.39, 0.29) is 5.75 Å². The smallest absolute Gasteiger partial charge is 0.307 e. The van der Waals surface area contributed by atoms with Crippen LogP contribution in [0.15, 0.2) is 12.1 Å². The number of ether oxygens (including phenoxy) is 1. The van der Waals surface area contributed by atoms with E-state index in [1.807, 2.05) is 0 Å². The van der Waals surface area contributed by atoms with E-state index in [1.165, 1.54) is 19.2 Å². The van der Waals surface area contributed by atoms with Crippen LogP contribution in [-0.4, -0.2) is 24.1 Å². The zero-order valence-corrected chi connectivity index (χ0v) is 12.4. The number of hydrogen-bond donors (Lipinski definition) is 2. The number of anilines is 1. The predicted molar refractivity (Wildman–Crippen MR) is 74.7 cm³/mol. The van der Waals surface area contributed by atoms with Gasteiger partial charge in [-0.2, -0.15) is 0 Å². The molecule has 0 bridgehead atoms. The quantitative estimate of drug-likeness (QED) is 0.894. The molecule has 1 fully saturated rings. The van der Waals surface area contributed by atoms with Gasteiger partial charge in [-0.1, -0.05) is 13.8 Å². The Bertz CT molecular complexity index is 612. The number of carboxylic acids is 1. The summed E-state index contributed by atoms with van der Waals surface area (Å²) in [7, 11) is 1.36. The number of hydrogen-bond acceptors (Lipinski definition) is 3. The van der Waals surface area contributed by atoms with E-state index in [9.17, 15) is 14.0 Å². The molecule has 2 atom stereocenters. The minimum atomic E-state index is -0.988. The number of aliphatic carboxylic acids is 1. The molecule has 1 aromatic carbocycles. The second kappa shape index (κ2) is 5.02. The van der Waals surface area contributed by atoms with Crippen molar-refractivity contribution < 1.29 is 23.8 Å². The maximum atomic E-state index is 13.7. The number of nitrogens with one attached hydrogen (secondary N) is 1. The third-order valence-electron chi connectivity index (χ3n) is 4.13. The molecule has 1 aromatic rings. The summed E-state index contributed by atoms with van der Waals surface area (Å²) < 4.78 is 18.5. The van der Waals surface area contributed by atoms with Crippen molar-refractivity contribution in [1.82, 2.24) is 0 Å². The van der Waals surface area contributed by atoms with Crippen LogP contribution in [0.4, 0.5) is 10.1 Å². The monoisotopic (exact) mass is 295 g/mol. The van der Waals surface area contributed by atoms with Crippen LogP contribution in [-0.2, 0) is 9.59 Å². The van der Waals surface area contributed by atoms with Gasteiger partial charge in [-0.3, -0.25) is 9.59 Å². The number of amides is 1. The normalized spacial score (nSPS) is 22.5. The lowest BCUT2D eigenvalue weighted by Gasteiger charge is -2.11. The van der Waals surface area contributed by atoms with E-state index >= 15 is 0 Å². The van der Waals surface area contributed by atoms with Crippen LogP contribution in [0.25, 0.3) is 0 Å². The summed E-state index contributed by atoms with van der Waals surface area (Å²) in [5.74, 6) is -3.19. The number of rotatable bonds is 4. The Labute approximate surface area is 122 Å². The van der Waals surface area contributed by atoms with Gasteiger partial charge in [0.1, 0.15) is 0 Å². The fourth-order valence-electron chi connectivity index (χ4n) is 2.74. The third-order valence-corrected chi connectivity index (χ3v) is 4.13. The molecule has 0 spiro atoms. The molecule has 0 heterocycles. The van der Waals surface area contributed by atoms with Gasteiger partial charge in [0.15, 0.2) is 11.6 Å². The van der Waals surface area contributed by atoms with Gasteiger partial charge in [-0.25, -0.2) is 4.39 Å². The molecule has 0 saturated heterocycles. The van der Waals surface area contributed by atoms with Crippen molar-refractivity contribution in [3.05, 3.63) is 23.5 Å². The van der Waals surface area contributed by atoms with Crippen LogP contribution in [0.2, 0.25) is 0 Å². The van der Waals surface area contributed by atoms with Crippen molar-refractivity contribution in [3.63, 3.8) is 0 Å². The van der Waals surface area contributed by atoms with Crippen molar-refractivity contribution >= 4 is 17.6 Å². The largest absolute Gasteiger partial charge is 0.494 e. The molecule has 0 radical (unpaired) electrons. The number of methoxy groups -OCH3 is 1. The van der Waals surface area contributed by atoms with Gasteiger partial charge in [0, 0.05) is 11.8 Å². The number of carboxylic acid groups (broad SMARTS) is 1. The van der Waals surface area contributed by atoms with Crippen LogP contribution < -0.4 is 10.1 Å². The van der Waals surface area contributed by atoms with Gasteiger partial charge < -0.3 is 15.2 Å². The zero-order valence-electron chi connectivity index (χ0n) is 12.4. The lowest BCUT2D eigenvalue weighted by Crippen LogP contribution is -2.18. The van der Waals surface area contributed by atoms with Gasteiger partial charge in [0.2, 0.25) is 5.91 Å². The highest BCUT2D eigenvalue weighted by molar-refractivity contribution is 6.00.